The van der Waals surface area contributed by atoms with Gasteiger partial charge in [0.1, 0.15) is 5.75 Å². The number of nitrogens with two attached hydrogens (primary N) is 1. The van der Waals surface area contributed by atoms with Crippen LogP contribution >= 0.6 is 23.2 Å². The van der Waals surface area contributed by atoms with E-state index in [-0.39, 0.29) is 5.04 Å². The van der Waals surface area contributed by atoms with Crippen LogP contribution in [0.2, 0.25) is 28.2 Å². The Morgan fingerprint density at radius 3 is 1.88 bits per heavy atom. The Labute approximate surface area is 114 Å². The lowest BCUT2D eigenvalue weighted by atomic mass is 10.2. The van der Waals surface area contributed by atoms with Crippen molar-refractivity contribution in [3.63, 3.8) is 0 Å². The van der Waals surface area contributed by atoms with E-state index in [1.807, 2.05) is 0 Å². The van der Waals surface area contributed by atoms with Gasteiger partial charge < -0.3 is 10.2 Å². The maximum absolute atomic E-state index is 6.12. The smallest absolute Gasteiger partial charge is 0.250 e. The molecule has 0 aromatic heterocycles. The average Bonchev–Trinajstić information content (AvgIpc) is 2.09. The summed E-state index contributed by atoms with van der Waals surface area (Å²) >= 11 is 12.2. The monoisotopic (exact) mass is 291 g/mol. The third kappa shape index (κ3) is 3.30. The zero-order valence-corrected chi connectivity index (χ0v) is 13.4. The molecule has 0 radical (unpaired) electrons. The van der Waals surface area contributed by atoms with Crippen LogP contribution in [0.3, 0.4) is 0 Å². The first kappa shape index (κ1) is 14.7. The molecule has 96 valence electrons. The van der Waals surface area contributed by atoms with Gasteiger partial charge in [0.05, 0.1) is 10.0 Å². The number of benzene rings is 1. The van der Waals surface area contributed by atoms with E-state index >= 15 is 0 Å². The van der Waals surface area contributed by atoms with Gasteiger partial charge in [0.15, 0.2) is 0 Å². The summed E-state index contributed by atoms with van der Waals surface area (Å²) in [6, 6.07) is 3.33. The van der Waals surface area contributed by atoms with Crippen molar-refractivity contribution in [3.8, 4) is 5.75 Å². The summed E-state index contributed by atoms with van der Waals surface area (Å²) in [6.07, 6.45) is 0. The molecule has 0 amide bonds. The summed E-state index contributed by atoms with van der Waals surface area (Å²) in [4.78, 5) is 0. The number of hydrogen-bond acceptors (Lipinski definition) is 2. The first-order valence-electron chi connectivity index (χ1n) is 5.48. The fourth-order valence-electron chi connectivity index (χ4n) is 1.09. The Hall–Kier alpha value is -0.383. The molecule has 0 aliphatic carbocycles. The summed E-state index contributed by atoms with van der Waals surface area (Å²) in [6.45, 7) is 10.8. The van der Waals surface area contributed by atoms with Gasteiger partial charge >= 0.3 is 0 Å². The lowest BCUT2D eigenvalue weighted by Crippen LogP contribution is -2.44. The predicted octanol–water partition coefficient (Wildman–Crippen LogP) is 4.96. The number of hydrogen-bond donors (Lipinski definition) is 1. The van der Waals surface area contributed by atoms with Crippen LogP contribution in [-0.4, -0.2) is 8.32 Å². The second-order valence-electron chi connectivity index (χ2n) is 5.68. The van der Waals surface area contributed by atoms with E-state index in [4.69, 9.17) is 33.4 Å². The Bertz CT molecular complexity index is 404. The Kier molecular flexibility index (Phi) is 4.07. The first-order valence-corrected chi connectivity index (χ1v) is 9.14. The van der Waals surface area contributed by atoms with Crippen LogP contribution in [0.5, 0.6) is 5.75 Å². The molecule has 0 saturated carbocycles. The van der Waals surface area contributed by atoms with Crippen molar-refractivity contribution in [2.24, 2.45) is 0 Å². The minimum absolute atomic E-state index is 0.0983. The fourth-order valence-corrected chi connectivity index (χ4v) is 2.83. The van der Waals surface area contributed by atoms with Crippen molar-refractivity contribution in [1.29, 1.82) is 0 Å². The normalized spacial score (nSPS) is 12.6. The lowest BCUT2D eigenvalue weighted by molar-refractivity contribution is 0.492. The van der Waals surface area contributed by atoms with Crippen LogP contribution in [0.15, 0.2) is 12.1 Å². The molecule has 0 saturated heterocycles. The Balaban J connectivity index is 3.13. The molecule has 0 spiro atoms. The molecule has 0 unspecified atom stereocenters. The second kappa shape index (κ2) is 4.71. The van der Waals surface area contributed by atoms with Crippen molar-refractivity contribution in [2.45, 2.75) is 38.9 Å². The zero-order chi connectivity index (χ0) is 13.4. The molecule has 2 N–H and O–H groups in total. The maximum Gasteiger partial charge on any atom is 0.250 e. The van der Waals surface area contributed by atoms with Crippen LogP contribution in [-0.2, 0) is 0 Å². The Morgan fingerprint density at radius 2 is 1.53 bits per heavy atom. The zero-order valence-electron chi connectivity index (χ0n) is 10.9. The van der Waals surface area contributed by atoms with E-state index in [1.54, 1.807) is 12.1 Å². The van der Waals surface area contributed by atoms with Crippen LogP contribution in [0, 0.1) is 0 Å². The van der Waals surface area contributed by atoms with E-state index in [1.165, 1.54) is 0 Å². The number of halogens is 2. The third-order valence-electron chi connectivity index (χ3n) is 3.18. The highest BCUT2D eigenvalue weighted by atomic mass is 35.5. The molecule has 0 aliphatic heterocycles. The summed E-state index contributed by atoms with van der Waals surface area (Å²) in [7, 11) is -1.94. The molecular formula is C12H19Cl2NOSi. The highest BCUT2D eigenvalue weighted by Gasteiger charge is 2.39. The number of nitrogen functional groups attached to an aromatic ring is 1. The van der Waals surface area contributed by atoms with Gasteiger partial charge in [-0.25, -0.2) is 0 Å². The molecule has 0 atom stereocenters. The predicted molar refractivity (Wildman–Crippen MR) is 78.7 cm³/mol. The van der Waals surface area contributed by atoms with E-state index in [2.05, 4.69) is 33.9 Å². The van der Waals surface area contributed by atoms with E-state index < -0.39 is 8.32 Å². The van der Waals surface area contributed by atoms with Crippen LogP contribution in [0.4, 0.5) is 5.69 Å². The molecule has 1 aromatic carbocycles. The van der Waals surface area contributed by atoms with Crippen molar-refractivity contribution in [3.05, 3.63) is 22.2 Å². The molecule has 2 nitrogen and oxygen atoms in total. The second-order valence-corrected chi connectivity index (χ2v) is 11.2. The van der Waals surface area contributed by atoms with E-state index in [9.17, 15) is 0 Å². The van der Waals surface area contributed by atoms with Crippen molar-refractivity contribution < 1.29 is 4.43 Å². The molecule has 17 heavy (non-hydrogen) atoms. The van der Waals surface area contributed by atoms with Gasteiger partial charge in [0.2, 0.25) is 0 Å². The van der Waals surface area contributed by atoms with Gasteiger partial charge in [-0.05, 0) is 30.3 Å². The molecule has 0 fully saturated rings. The van der Waals surface area contributed by atoms with Gasteiger partial charge in [0, 0.05) is 5.69 Å². The van der Waals surface area contributed by atoms with E-state index in [0.29, 0.717) is 21.5 Å². The first-order chi connectivity index (χ1) is 7.54. The molecule has 0 bridgehead atoms. The molecule has 5 heteroatoms. The summed E-state index contributed by atoms with van der Waals surface area (Å²) in [5.41, 5.74) is 6.21. The van der Waals surface area contributed by atoms with Crippen LogP contribution in [0.1, 0.15) is 20.8 Å². The maximum atomic E-state index is 6.12. The van der Waals surface area contributed by atoms with Crippen LogP contribution in [0.25, 0.3) is 0 Å². The van der Waals surface area contributed by atoms with Crippen molar-refractivity contribution >= 4 is 37.2 Å². The molecule has 1 rings (SSSR count). The van der Waals surface area contributed by atoms with Gasteiger partial charge in [-0.2, -0.15) is 0 Å². The molecule has 0 aliphatic rings. The van der Waals surface area contributed by atoms with Gasteiger partial charge in [-0.15, -0.1) is 0 Å². The van der Waals surface area contributed by atoms with Crippen molar-refractivity contribution in [2.75, 3.05) is 5.73 Å². The fraction of sp³-hybridized carbons (Fsp3) is 0.500. The van der Waals surface area contributed by atoms with Gasteiger partial charge in [0.25, 0.3) is 8.32 Å². The van der Waals surface area contributed by atoms with E-state index in [0.717, 1.165) is 0 Å². The van der Waals surface area contributed by atoms with Crippen LogP contribution < -0.4 is 10.2 Å². The summed E-state index contributed by atoms with van der Waals surface area (Å²) in [5.74, 6) is 0.550. The largest absolute Gasteiger partial charge is 0.542 e. The molecule has 0 heterocycles. The minimum atomic E-state index is -1.94. The molecular weight excluding hydrogens is 273 g/mol. The van der Waals surface area contributed by atoms with Gasteiger partial charge in [-0.3, -0.25) is 0 Å². The SMILES string of the molecule is CC(C)(C)[Si](C)(C)Oc1c(Cl)cc(N)cc1Cl. The summed E-state index contributed by atoms with van der Waals surface area (Å²) in [5, 5.41) is 1.04. The topological polar surface area (TPSA) is 35.2 Å². The van der Waals surface area contributed by atoms with Crippen molar-refractivity contribution in [1.82, 2.24) is 0 Å². The molecule has 1 aromatic rings. The highest BCUT2D eigenvalue weighted by Crippen LogP contribution is 2.42. The average molecular weight is 292 g/mol. The quantitative estimate of drug-likeness (QED) is 0.617. The number of rotatable bonds is 2. The Morgan fingerprint density at radius 1 is 1.12 bits per heavy atom. The minimum Gasteiger partial charge on any atom is -0.542 e. The highest BCUT2D eigenvalue weighted by molar-refractivity contribution is 6.75. The third-order valence-corrected chi connectivity index (χ3v) is 8.07. The lowest BCUT2D eigenvalue weighted by Gasteiger charge is -2.37. The van der Waals surface area contributed by atoms with Gasteiger partial charge in [-0.1, -0.05) is 44.0 Å². The standard InChI is InChI=1S/C12H19Cl2NOSi/c1-12(2,3)17(4,5)16-11-9(13)6-8(15)7-10(11)14/h6-7H,15H2,1-5H3. The number of anilines is 1. The summed E-state index contributed by atoms with van der Waals surface area (Å²) < 4.78 is 6.10.